The molecule has 156 valence electrons. The zero-order chi connectivity index (χ0) is 21.8. The fraction of sp³-hybridized carbons (Fsp3) is 0.167. The molecule has 2 aromatic heterocycles. The molecule has 7 nitrogen and oxygen atoms in total. The van der Waals surface area contributed by atoms with Gasteiger partial charge in [0.15, 0.2) is 11.5 Å². The molecule has 0 aliphatic rings. The minimum atomic E-state index is 0.363. The van der Waals surface area contributed by atoms with Gasteiger partial charge in [-0.1, -0.05) is 55.1 Å². The summed E-state index contributed by atoms with van der Waals surface area (Å²) in [6.45, 7) is 7.97. The number of nitrogens with one attached hydrogen (secondary N) is 1. The van der Waals surface area contributed by atoms with E-state index in [1.807, 2.05) is 44.2 Å². The maximum absolute atomic E-state index is 6.00. The van der Waals surface area contributed by atoms with Gasteiger partial charge in [0.25, 0.3) is 0 Å². The lowest BCUT2D eigenvalue weighted by Crippen LogP contribution is -2.04. The average Bonchev–Trinajstić information content (AvgIpc) is 3.33. The maximum Gasteiger partial charge on any atom is 0.205 e. The Hall–Kier alpha value is -4.00. The van der Waals surface area contributed by atoms with E-state index in [0.29, 0.717) is 23.9 Å². The fourth-order valence-corrected chi connectivity index (χ4v) is 3.68. The number of nitrogens with zero attached hydrogens (tertiary/aromatic N) is 4. The number of rotatable bonds is 7. The maximum atomic E-state index is 6.00. The number of aromatic amines is 1. The third kappa shape index (κ3) is 3.90. The summed E-state index contributed by atoms with van der Waals surface area (Å²) in [5.74, 6) is 1.83. The number of hydrogen-bond donors (Lipinski definition) is 1. The number of H-pyrrole nitrogens is 1. The van der Waals surface area contributed by atoms with Crippen LogP contribution in [0.4, 0.5) is 0 Å². The van der Waals surface area contributed by atoms with Gasteiger partial charge in [0.1, 0.15) is 6.61 Å². The molecule has 0 aliphatic carbocycles. The average molecular weight is 413 g/mol. The van der Waals surface area contributed by atoms with E-state index in [4.69, 9.17) is 9.47 Å². The second-order valence-electron chi connectivity index (χ2n) is 6.98. The molecular formula is C24H23N5O2. The van der Waals surface area contributed by atoms with Crippen molar-refractivity contribution in [2.24, 2.45) is 0 Å². The molecule has 0 saturated heterocycles. The smallest absolute Gasteiger partial charge is 0.205 e. The molecule has 2 aromatic carbocycles. The van der Waals surface area contributed by atoms with Crippen molar-refractivity contribution < 1.29 is 9.47 Å². The Bertz CT molecular complexity index is 1200. The van der Waals surface area contributed by atoms with Crippen LogP contribution in [0.25, 0.3) is 33.6 Å². The van der Waals surface area contributed by atoms with Crippen LogP contribution in [0.15, 0.2) is 61.2 Å². The van der Waals surface area contributed by atoms with Gasteiger partial charge in [-0.15, -0.1) is 10.2 Å². The lowest BCUT2D eigenvalue weighted by molar-refractivity contribution is 0.353. The molecule has 4 aromatic rings. The zero-order valence-electron chi connectivity index (χ0n) is 17.7. The third-order valence-electron chi connectivity index (χ3n) is 4.98. The van der Waals surface area contributed by atoms with Crippen LogP contribution in [-0.2, 0) is 0 Å². The van der Waals surface area contributed by atoms with Gasteiger partial charge in [-0.3, -0.25) is 4.98 Å². The first-order valence-corrected chi connectivity index (χ1v) is 9.86. The molecule has 0 atom stereocenters. The van der Waals surface area contributed by atoms with E-state index in [9.17, 15) is 0 Å². The monoisotopic (exact) mass is 413 g/mol. The topological polar surface area (TPSA) is 85.8 Å². The van der Waals surface area contributed by atoms with Crippen LogP contribution in [0.3, 0.4) is 0 Å². The summed E-state index contributed by atoms with van der Waals surface area (Å²) in [6.07, 6.45) is 1.71. The predicted molar refractivity (Wildman–Crippen MR) is 120 cm³/mol. The molecule has 7 heteroatoms. The van der Waals surface area contributed by atoms with Crippen LogP contribution >= 0.6 is 0 Å². The Morgan fingerprint density at radius 2 is 1.74 bits per heavy atom. The summed E-state index contributed by atoms with van der Waals surface area (Å²) in [7, 11) is 1.64. The molecule has 2 heterocycles. The Morgan fingerprint density at radius 1 is 0.968 bits per heavy atom. The Balaban J connectivity index is 1.98. The summed E-state index contributed by atoms with van der Waals surface area (Å²) < 4.78 is 11.7. The summed E-state index contributed by atoms with van der Waals surface area (Å²) in [6, 6.07) is 16.2. The second kappa shape index (κ2) is 8.79. The van der Waals surface area contributed by atoms with Gasteiger partial charge in [-0.25, -0.2) is 0 Å². The summed E-state index contributed by atoms with van der Waals surface area (Å²) >= 11 is 0. The van der Waals surface area contributed by atoms with Crippen LogP contribution in [0.1, 0.15) is 11.4 Å². The Kier molecular flexibility index (Phi) is 5.75. The number of methoxy groups -OCH3 is 1. The molecule has 4 rings (SSSR count). The third-order valence-corrected chi connectivity index (χ3v) is 4.98. The van der Waals surface area contributed by atoms with Crippen molar-refractivity contribution in [2.75, 3.05) is 13.7 Å². The first kappa shape index (κ1) is 20.3. The van der Waals surface area contributed by atoms with Crippen molar-refractivity contribution in [2.45, 2.75) is 13.8 Å². The highest BCUT2D eigenvalue weighted by molar-refractivity contribution is 5.87. The molecular weight excluding hydrogens is 390 g/mol. The largest absolute Gasteiger partial charge is 0.494 e. The highest BCUT2D eigenvalue weighted by atomic mass is 16.5. The molecule has 0 amide bonds. The zero-order valence-corrected chi connectivity index (χ0v) is 17.7. The summed E-state index contributed by atoms with van der Waals surface area (Å²) in [4.78, 5) is 4.60. The van der Waals surface area contributed by atoms with Crippen LogP contribution in [-0.4, -0.2) is 39.3 Å². The van der Waals surface area contributed by atoms with Crippen molar-refractivity contribution in [1.82, 2.24) is 25.6 Å². The second-order valence-corrected chi connectivity index (χ2v) is 6.98. The van der Waals surface area contributed by atoms with Gasteiger partial charge in [-0.2, -0.15) is 5.21 Å². The molecule has 0 aliphatic heterocycles. The number of pyridine rings is 1. The van der Waals surface area contributed by atoms with Crippen LogP contribution in [0, 0.1) is 13.8 Å². The molecule has 0 fully saturated rings. The molecule has 0 bridgehead atoms. The van der Waals surface area contributed by atoms with Crippen LogP contribution in [0.5, 0.6) is 11.5 Å². The predicted octanol–water partition coefficient (Wildman–Crippen LogP) is 4.79. The minimum absolute atomic E-state index is 0.363. The van der Waals surface area contributed by atoms with Crippen molar-refractivity contribution >= 4 is 0 Å². The summed E-state index contributed by atoms with van der Waals surface area (Å²) in [5, 5.41) is 14.7. The van der Waals surface area contributed by atoms with Crippen molar-refractivity contribution in [3.8, 4) is 45.1 Å². The van der Waals surface area contributed by atoms with Crippen LogP contribution < -0.4 is 9.47 Å². The number of aryl methyl sites for hydroxylation is 2. The normalized spacial score (nSPS) is 10.7. The van der Waals surface area contributed by atoms with E-state index < -0.39 is 0 Å². The molecule has 0 spiro atoms. The minimum Gasteiger partial charge on any atom is -0.494 e. The molecule has 0 radical (unpaired) electrons. The van der Waals surface area contributed by atoms with E-state index >= 15 is 0 Å². The van der Waals surface area contributed by atoms with E-state index in [2.05, 4.69) is 50.4 Å². The first-order chi connectivity index (χ1) is 15.1. The van der Waals surface area contributed by atoms with Crippen molar-refractivity contribution in [3.05, 3.63) is 72.6 Å². The fourth-order valence-electron chi connectivity index (χ4n) is 3.68. The number of benzene rings is 2. The SMILES string of the molecule is C=CCOc1c(C)nc(C)c(OC)c1-c1ccc(-c2ccccc2)c(-c2nn[nH]n2)c1. The van der Waals surface area contributed by atoms with Gasteiger partial charge in [0, 0.05) is 5.56 Å². The molecule has 0 saturated carbocycles. The Labute approximate surface area is 180 Å². The number of ether oxygens (including phenoxy) is 2. The van der Waals surface area contributed by atoms with Gasteiger partial charge in [0.2, 0.25) is 5.82 Å². The molecule has 0 unspecified atom stereocenters. The molecule has 1 N–H and O–H groups in total. The lowest BCUT2D eigenvalue weighted by Gasteiger charge is -2.19. The van der Waals surface area contributed by atoms with E-state index in [-0.39, 0.29) is 0 Å². The highest BCUT2D eigenvalue weighted by Crippen LogP contribution is 2.44. The first-order valence-electron chi connectivity index (χ1n) is 9.86. The van der Waals surface area contributed by atoms with Gasteiger partial charge >= 0.3 is 0 Å². The number of aromatic nitrogens is 5. The van der Waals surface area contributed by atoms with E-state index in [1.54, 1.807) is 13.2 Å². The summed E-state index contributed by atoms with van der Waals surface area (Å²) in [5.41, 5.74) is 6.22. The number of hydrogen-bond acceptors (Lipinski definition) is 6. The van der Waals surface area contributed by atoms with Crippen LogP contribution in [0.2, 0.25) is 0 Å². The highest BCUT2D eigenvalue weighted by Gasteiger charge is 2.22. The quantitative estimate of drug-likeness (QED) is 0.439. The van der Waals surface area contributed by atoms with Gasteiger partial charge in [0.05, 0.1) is 24.1 Å². The van der Waals surface area contributed by atoms with Crippen molar-refractivity contribution in [1.29, 1.82) is 0 Å². The van der Waals surface area contributed by atoms with Crippen molar-refractivity contribution in [3.63, 3.8) is 0 Å². The van der Waals surface area contributed by atoms with E-state index in [0.717, 1.165) is 39.2 Å². The van der Waals surface area contributed by atoms with Gasteiger partial charge in [-0.05, 0) is 41.8 Å². The lowest BCUT2D eigenvalue weighted by atomic mass is 9.93. The number of tetrazole rings is 1. The van der Waals surface area contributed by atoms with E-state index in [1.165, 1.54) is 0 Å². The standard InChI is InChI=1S/C24H23N5O2/c1-5-13-31-23-16(3)25-15(2)22(30-4)21(23)18-11-12-19(17-9-7-6-8-10-17)20(14-18)24-26-28-29-27-24/h5-12,14H,1,13H2,2-4H3,(H,26,27,28,29). The van der Waals surface area contributed by atoms with Gasteiger partial charge < -0.3 is 9.47 Å². The molecule has 31 heavy (non-hydrogen) atoms. The Morgan fingerprint density at radius 3 is 2.42 bits per heavy atom.